The van der Waals surface area contributed by atoms with Gasteiger partial charge in [0.1, 0.15) is 34.5 Å². The Balaban J connectivity index is 1.50. The zero-order valence-corrected chi connectivity index (χ0v) is 31.1. The molecule has 0 unspecified atom stereocenters. The largest absolute Gasteiger partial charge is 0.492 e. The van der Waals surface area contributed by atoms with E-state index in [-0.39, 0.29) is 58.5 Å². The SMILES string of the molecule is COc1c(OC2CCN(C(=O)OC(C)(C)C)CC2)cccc1C(=[N+]=[N-])C(=O)C(=[N+]=[N-])c1cccc(OC2CCN(C(=O)OC(C)(C)C)CC2)c1OC. The number of likely N-dealkylation sites (tertiary alicyclic amines) is 2. The summed E-state index contributed by atoms with van der Waals surface area (Å²) in [6.07, 6.45) is 0.762. The van der Waals surface area contributed by atoms with Gasteiger partial charge in [0.2, 0.25) is 0 Å². The Morgan fingerprint density at radius 2 is 0.981 bits per heavy atom. The molecule has 2 aliphatic rings. The van der Waals surface area contributed by atoms with E-state index in [0.29, 0.717) is 51.9 Å². The highest BCUT2D eigenvalue weighted by molar-refractivity contribution is 6.70. The third-order valence-electron chi connectivity index (χ3n) is 8.28. The molecule has 0 N–H and O–H groups in total. The molecule has 0 atom stereocenters. The maximum Gasteiger partial charge on any atom is 0.410 e. The van der Waals surface area contributed by atoms with Crippen molar-refractivity contribution in [2.24, 2.45) is 0 Å². The predicted octanol–water partition coefficient (Wildman–Crippen LogP) is 5.57. The van der Waals surface area contributed by atoms with Gasteiger partial charge in [-0.2, -0.15) is 9.58 Å². The number of Topliss-reactive ketones (excluding diaryl/α,β-unsaturated/α-hetero) is 1. The molecule has 0 bridgehead atoms. The average Bonchev–Trinajstić information content (AvgIpc) is 3.08. The summed E-state index contributed by atoms with van der Waals surface area (Å²) < 4.78 is 34.8. The number of rotatable bonds is 10. The predicted molar refractivity (Wildman–Crippen MR) is 189 cm³/mol. The average molecular weight is 721 g/mol. The third-order valence-corrected chi connectivity index (χ3v) is 8.28. The molecule has 15 nitrogen and oxygen atoms in total. The summed E-state index contributed by atoms with van der Waals surface area (Å²) in [6, 6.07) is 9.56. The monoisotopic (exact) mass is 720 g/mol. The van der Waals surface area contributed by atoms with Crippen LogP contribution in [-0.4, -0.2) is 113 Å². The van der Waals surface area contributed by atoms with Crippen molar-refractivity contribution in [2.75, 3.05) is 40.4 Å². The van der Waals surface area contributed by atoms with Crippen molar-refractivity contribution in [2.45, 2.75) is 90.6 Å². The van der Waals surface area contributed by atoms with Crippen molar-refractivity contribution in [3.8, 4) is 23.0 Å². The van der Waals surface area contributed by atoms with Gasteiger partial charge in [-0.05, 0) is 65.8 Å². The molecule has 0 spiro atoms. The number of hydrogen-bond donors (Lipinski definition) is 0. The number of ether oxygens (including phenoxy) is 6. The van der Waals surface area contributed by atoms with Gasteiger partial charge in [0.15, 0.2) is 23.0 Å². The molecule has 52 heavy (non-hydrogen) atoms. The maximum absolute atomic E-state index is 14.0. The first-order chi connectivity index (χ1) is 24.6. The maximum atomic E-state index is 14.0. The second kappa shape index (κ2) is 16.8. The number of carbonyl (C=O) groups excluding carboxylic acids is 3. The van der Waals surface area contributed by atoms with Gasteiger partial charge in [0.05, 0.1) is 14.2 Å². The lowest BCUT2D eigenvalue weighted by atomic mass is 9.97. The Bertz CT molecular complexity index is 1610. The van der Waals surface area contributed by atoms with Crippen LogP contribution in [0.3, 0.4) is 0 Å². The molecule has 0 saturated carbocycles. The van der Waals surface area contributed by atoms with E-state index in [2.05, 4.69) is 9.58 Å². The molecular formula is C37H48N6O9. The highest BCUT2D eigenvalue weighted by Crippen LogP contribution is 2.36. The van der Waals surface area contributed by atoms with E-state index in [1.54, 1.807) is 34.1 Å². The number of amides is 2. The van der Waals surface area contributed by atoms with E-state index in [0.717, 1.165) is 0 Å². The van der Waals surface area contributed by atoms with Crippen molar-refractivity contribution >= 4 is 29.4 Å². The molecule has 2 saturated heterocycles. The lowest BCUT2D eigenvalue weighted by Crippen LogP contribution is -2.44. The van der Waals surface area contributed by atoms with Crippen LogP contribution in [0, 0.1) is 0 Å². The number of hydrogen-bond acceptors (Lipinski definition) is 9. The number of piperidine rings is 2. The Hall–Kier alpha value is -5.39. The highest BCUT2D eigenvalue weighted by atomic mass is 16.6. The van der Waals surface area contributed by atoms with Crippen LogP contribution >= 0.6 is 0 Å². The van der Waals surface area contributed by atoms with Gasteiger partial charge < -0.3 is 49.3 Å². The third kappa shape index (κ3) is 9.89. The molecule has 0 aliphatic carbocycles. The fourth-order valence-electron chi connectivity index (χ4n) is 5.89. The van der Waals surface area contributed by atoms with Crippen LogP contribution < -0.4 is 18.9 Å². The van der Waals surface area contributed by atoms with Gasteiger partial charge in [0.25, 0.3) is 0 Å². The van der Waals surface area contributed by atoms with Gasteiger partial charge in [-0.15, -0.1) is 0 Å². The summed E-state index contributed by atoms with van der Waals surface area (Å²) in [7, 11) is 2.78. The fourth-order valence-corrected chi connectivity index (χ4v) is 5.89. The summed E-state index contributed by atoms with van der Waals surface area (Å²) in [5, 5.41) is 0. The number of carbonyl (C=O) groups is 3. The number of ketones is 1. The minimum absolute atomic E-state index is 0.0861. The van der Waals surface area contributed by atoms with Gasteiger partial charge in [0, 0.05) is 51.9 Å². The molecule has 2 heterocycles. The van der Waals surface area contributed by atoms with E-state index in [4.69, 9.17) is 28.4 Å². The summed E-state index contributed by atoms with van der Waals surface area (Å²) >= 11 is 0. The Kier molecular flexibility index (Phi) is 12.7. The second-order valence-electron chi connectivity index (χ2n) is 14.5. The van der Waals surface area contributed by atoms with Crippen molar-refractivity contribution < 1.29 is 52.4 Å². The van der Waals surface area contributed by atoms with E-state index in [1.165, 1.54) is 26.4 Å². The number of benzene rings is 2. The molecule has 2 aromatic carbocycles. The molecule has 280 valence electrons. The van der Waals surface area contributed by atoms with Crippen LogP contribution in [0.25, 0.3) is 11.1 Å². The van der Waals surface area contributed by atoms with E-state index in [9.17, 15) is 25.4 Å². The van der Waals surface area contributed by atoms with Crippen LogP contribution in [0.2, 0.25) is 0 Å². The number of methoxy groups -OCH3 is 2. The lowest BCUT2D eigenvalue weighted by molar-refractivity contribution is -0.115. The molecule has 0 aromatic heterocycles. The van der Waals surface area contributed by atoms with E-state index in [1.807, 2.05) is 41.5 Å². The number of para-hydroxylation sites is 2. The molecular weight excluding hydrogens is 672 g/mol. The van der Waals surface area contributed by atoms with Crippen LogP contribution in [0.5, 0.6) is 23.0 Å². The summed E-state index contributed by atoms with van der Waals surface area (Å²) in [5.74, 6) is -0.113. The molecule has 2 amide bonds. The van der Waals surface area contributed by atoms with Crippen molar-refractivity contribution in [3.63, 3.8) is 0 Å². The summed E-state index contributed by atoms with van der Waals surface area (Å²) in [6.45, 7) is 12.6. The quantitative estimate of drug-likeness (QED) is 0.172. The second-order valence-corrected chi connectivity index (χ2v) is 14.5. The molecule has 2 aromatic rings. The summed E-state index contributed by atoms with van der Waals surface area (Å²) in [4.78, 5) is 48.8. The van der Waals surface area contributed by atoms with E-state index >= 15 is 0 Å². The van der Waals surface area contributed by atoms with Crippen molar-refractivity contribution in [1.82, 2.24) is 9.80 Å². The highest BCUT2D eigenvalue weighted by Gasteiger charge is 2.40. The van der Waals surface area contributed by atoms with Gasteiger partial charge >= 0.3 is 29.4 Å². The Morgan fingerprint density at radius 3 is 1.27 bits per heavy atom. The molecule has 2 aliphatic heterocycles. The smallest absolute Gasteiger partial charge is 0.410 e. The first-order valence-electron chi connectivity index (χ1n) is 17.2. The van der Waals surface area contributed by atoms with Crippen molar-refractivity contribution in [1.29, 1.82) is 0 Å². The molecule has 0 radical (unpaired) electrons. The number of nitrogens with zero attached hydrogens (tertiary/aromatic N) is 6. The normalized spacial score (nSPS) is 15.5. The summed E-state index contributed by atoms with van der Waals surface area (Å²) in [5.41, 5.74) is 18.3. The van der Waals surface area contributed by atoms with Crippen LogP contribution in [0.15, 0.2) is 36.4 Å². The van der Waals surface area contributed by atoms with Crippen molar-refractivity contribution in [3.05, 3.63) is 58.6 Å². The molecule has 2 fully saturated rings. The Morgan fingerprint density at radius 1 is 0.635 bits per heavy atom. The van der Waals surface area contributed by atoms with E-state index < -0.39 is 28.4 Å². The lowest BCUT2D eigenvalue weighted by Gasteiger charge is -2.33. The van der Waals surface area contributed by atoms with Crippen LogP contribution in [0.1, 0.15) is 78.4 Å². The van der Waals surface area contributed by atoms with Gasteiger partial charge in [-0.25, -0.2) is 9.59 Å². The van der Waals surface area contributed by atoms with Crippen LogP contribution in [-0.2, 0) is 14.3 Å². The minimum Gasteiger partial charge on any atom is -0.492 e. The molecule has 15 heteroatoms. The first-order valence-corrected chi connectivity index (χ1v) is 17.2. The zero-order valence-electron chi connectivity index (χ0n) is 31.1. The topological polar surface area (TPSA) is 186 Å². The Labute approximate surface area is 303 Å². The molecule has 4 rings (SSSR count). The van der Waals surface area contributed by atoms with Gasteiger partial charge in [-0.3, -0.25) is 4.79 Å². The van der Waals surface area contributed by atoms with Gasteiger partial charge in [-0.1, -0.05) is 12.1 Å². The zero-order chi connectivity index (χ0) is 38.2. The fraction of sp³-hybridized carbons (Fsp3) is 0.541. The van der Waals surface area contributed by atoms with Crippen LogP contribution in [0.4, 0.5) is 9.59 Å². The minimum atomic E-state index is -0.938. The standard InChI is InChI=1S/C37H48N6O9/c1-36(2,3)51-34(45)42-19-15-23(16-20-42)49-27-13-9-11-25(32(27)47-7)29(40-38)31(44)30(41-39)26-12-10-14-28(33(26)48-8)50-24-17-21-43(22-18-24)35(46)52-37(4,5)6/h9-14,23-24H,15-22H2,1-8H3. The first kappa shape index (κ1) is 39.4.